The largest absolute Gasteiger partial charge is 0.493 e. The fraction of sp³-hybridized carbons (Fsp3) is 0.538. The van der Waals surface area contributed by atoms with Crippen molar-refractivity contribution in [2.45, 2.75) is 19.8 Å². The average Bonchev–Trinajstić information content (AvgIpc) is 2.30. The zero-order valence-electron chi connectivity index (χ0n) is 9.95. The summed E-state index contributed by atoms with van der Waals surface area (Å²) in [4.78, 5) is 0. The Morgan fingerprint density at radius 2 is 1.81 bits per heavy atom. The summed E-state index contributed by atoms with van der Waals surface area (Å²) in [5.74, 6) is 0.962. The minimum Gasteiger partial charge on any atom is -0.493 e. The molecule has 0 saturated heterocycles. The molecular formula is C13H21NO2. The normalized spacial score (nSPS) is 10.4. The van der Waals surface area contributed by atoms with Crippen LogP contribution >= 0.6 is 0 Å². The van der Waals surface area contributed by atoms with Crippen LogP contribution in [0.5, 0.6) is 5.75 Å². The molecule has 0 heterocycles. The van der Waals surface area contributed by atoms with Gasteiger partial charge in [-0.25, -0.2) is 0 Å². The molecule has 0 aliphatic heterocycles. The number of aryl methyl sites for hydroxylation is 1. The third-order valence-electron chi connectivity index (χ3n) is 2.28. The van der Waals surface area contributed by atoms with Crippen LogP contribution in [0.4, 0.5) is 0 Å². The van der Waals surface area contributed by atoms with E-state index in [-0.39, 0.29) is 0 Å². The van der Waals surface area contributed by atoms with E-state index in [1.54, 1.807) is 0 Å². The highest BCUT2D eigenvalue weighted by Gasteiger charge is 1.96. The molecular weight excluding hydrogens is 202 g/mol. The standard InChI is InChI=1S/C13H21NO2/c1-12-6-2-3-7-13(12)16-11-5-10-15-9-4-8-14/h2-3,6-7H,4-5,8-11,14H2,1H3. The predicted molar refractivity (Wildman–Crippen MR) is 65.8 cm³/mol. The van der Waals surface area contributed by atoms with Gasteiger partial charge in [-0.15, -0.1) is 0 Å². The number of hydrogen-bond acceptors (Lipinski definition) is 3. The summed E-state index contributed by atoms with van der Waals surface area (Å²) in [6.45, 7) is 4.94. The summed E-state index contributed by atoms with van der Waals surface area (Å²) in [5, 5.41) is 0. The molecule has 1 rings (SSSR count). The minimum absolute atomic E-state index is 0.694. The molecule has 0 bridgehead atoms. The van der Waals surface area contributed by atoms with Gasteiger partial charge in [0.25, 0.3) is 0 Å². The Hall–Kier alpha value is -1.06. The van der Waals surface area contributed by atoms with E-state index < -0.39 is 0 Å². The van der Waals surface area contributed by atoms with E-state index in [9.17, 15) is 0 Å². The quantitative estimate of drug-likeness (QED) is 0.687. The predicted octanol–water partition coefficient (Wildman–Crippen LogP) is 2.13. The maximum absolute atomic E-state index is 5.64. The molecule has 3 nitrogen and oxygen atoms in total. The van der Waals surface area contributed by atoms with E-state index in [1.807, 2.05) is 31.2 Å². The summed E-state index contributed by atoms with van der Waals surface area (Å²) < 4.78 is 11.0. The average molecular weight is 223 g/mol. The molecule has 0 saturated carbocycles. The van der Waals surface area contributed by atoms with E-state index in [2.05, 4.69) is 0 Å². The van der Waals surface area contributed by atoms with Crippen LogP contribution in [-0.2, 0) is 4.74 Å². The van der Waals surface area contributed by atoms with Gasteiger partial charge in [0.2, 0.25) is 0 Å². The van der Waals surface area contributed by atoms with E-state index in [4.69, 9.17) is 15.2 Å². The molecule has 0 fully saturated rings. The maximum Gasteiger partial charge on any atom is 0.122 e. The molecule has 1 aromatic carbocycles. The Morgan fingerprint density at radius 1 is 1.06 bits per heavy atom. The molecule has 0 amide bonds. The first-order valence-electron chi connectivity index (χ1n) is 5.81. The first-order valence-corrected chi connectivity index (χ1v) is 5.81. The zero-order valence-corrected chi connectivity index (χ0v) is 9.95. The van der Waals surface area contributed by atoms with Crippen LogP contribution in [0.15, 0.2) is 24.3 Å². The number of nitrogens with two attached hydrogens (primary N) is 1. The highest BCUT2D eigenvalue weighted by Crippen LogP contribution is 2.15. The van der Waals surface area contributed by atoms with Gasteiger partial charge in [0, 0.05) is 19.6 Å². The smallest absolute Gasteiger partial charge is 0.122 e. The summed E-state index contributed by atoms with van der Waals surface area (Å²) >= 11 is 0. The zero-order chi connectivity index (χ0) is 11.6. The number of benzene rings is 1. The molecule has 0 radical (unpaired) electrons. The van der Waals surface area contributed by atoms with E-state index >= 15 is 0 Å². The Balaban J connectivity index is 2.05. The van der Waals surface area contributed by atoms with Crippen molar-refractivity contribution in [1.82, 2.24) is 0 Å². The van der Waals surface area contributed by atoms with Gasteiger partial charge in [0.15, 0.2) is 0 Å². The summed E-state index contributed by atoms with van der Waals surface area (Å²) in [5.41, 5.74) is 6.53. The maximum atomic E-state index is 5.64. The van der Waals surface area contributed by atoms with Crippen molar-refractivity contribution in [2.24, 2.45) is 5.73 Å². The molecule has 0 unspecified atom stereocenters. The lowest BCUT2D eigenvalue weighted by Gasteiger charge is -2.08. The van der Waals surface area contributed by atoms with Gasteiger partial charge in [0.1, 0.15) is 5.75 Å². The number of ether oxygens (including phenoxy) is 2. The van der Waals surface area contributed by atoms with Crippen LogP contribution in [0, 0.1) is 6.92 Å². The van der Waals surface area contributed by atoms with Crippen molar-refractivity contribution < 1.29 is 9.47 Å². The van der Waals surface area contributed by atoms with Crippen molar-refractivity contribution in [2.75, 3.05) is 26.4 Å². The summed E-state index contributed by atoms with van der Waals surface area (Å²) in [6, 6.07) is 8.04. The molecule has 90 valence electrons. The lowest BCUT2D eigenvalue weighted by Crippen LogP contribution is -2.07. The number of hydrogen-bond donors (Lipinski definition) is 1. The summed E-state index contributed by atoms with van der Waals surface area (Å²) in [7, 11) is 0. The van der Waals surface area contributed by atoms with Gasteiger partial charge < -0.3 is 15.2 Å². The first kappa shape index (κ1) is 13.0. The fourth-order valence-corrected chi connectivity index (χ4v) is 1.35. The second kappa shape index (κ2) is 8.13. The van der Waals surface area contributed by atoms with Crippen LogP contribution in [0.1, 0.15) is 18.4 Å². The lowest BCUT2D eigenvalue weighted by atomic mass is 10.2. The second-order valence-corrected chi connectivity index (χ2v) is 3.72. The second-order valence-electron chi connectivity index (χ2n) is 3.72. The minimum atomic E-state index is 0.694. The van der Waals surface area contributed by atoms with Crippen molar-refractivity contribution in [3.63, 3.8) is 0 Å². The van der Waals surface area contributed by atoms with E-state index in [0.29, 0.717) is 13.2 Å². The molecule has 0 aromatic heterocycles. The van der Waals surface area contributed by atoms with Gasteiger partial charge in [0.05, 0.1) is 6.61 Å². The van der Waals surface area contributed by atoms with Gasteiger partial charge in [-0.05, 0) is 31.5 Å². The molecule has 0 aliphatic carbocycles. The number of rotatable bonds is 8. The lowest BCUT2D eigenvalue weighted by molar-refractivity contribution is 0.118. The number of para-hydroxylation sites is 1. The third-order valence-corrected chi connectivity index (χ3v) is 2.28. The molecule has 0 spiro atoms. The van der Waals surface area contributed by atoms with Crippen LogP contribution in [0.2, 0.25) is 0 Å². The Morgan fingerprint density at radius 3 is 2.56 bits per heavy atom. The van der Waals surface area contributed by atoms with Gasteiger partial charge in [-0.2, -0.15) is 0 Å². The van der Waals surface area contributed by atoms with Crippen molar-refractivity contribution in [1.29, 1.82) is 0 Å². The van der Waals surface area contributed by atoms with Crippen molar-refractivity contribution >= 4 is 0 Å². The van der Waals surface area contributed by atoms with Crippen LogP contribution < -0.4 is 10.5 Å². The Labute approximate surface area is 97.6 Å². The Bertz CT molecular complexity index is 289. The molecule has 2 N–H and O–H groups in total. The highest BCUT2D eigenvalue weighted by molar-refractivity contribution is 5.31. The van der Waals surface area contributed by atoms with Crippen LogP contribution in [0.3, 0.4) is 0 Å². The molecule has 0 atom stereocenters. The summed E-state index contributed by atoms with van der Waals surface area (Å²) in [6.07, 6.45) is 1.84. The van der Waals surface area contributed by atoms with Gasteiger partial charge >= 0.3 is 0 Å². The third kappa shape index (κ3) is 5.14. The molecule has 16 heavy (non-hydrogen) atoms. The van der Waals surface area contributed by atoms with Crippen LogP contribution in [-0.4, -0.2) is 26.4 Å². The topological polar surface area (TPSA) is 44.5 Å². The van der Waals surface area contributed by atoms with E-state index in [1.165, 1.54) is 5.56 Å². The molecule has 1 aromatic rings. The van der Waals surface area contributed by atoms with Gasteiger partial charge in [-0.3, -0.25) is 0 Å². The fourth-order valence-electron chi connectivity index (χ4n) is 1.35. The van der Waals surface area contributed by atoms with Crippen LogP contribution in [0.25, 0.3) is 0 Å². The SMILES string of the molecule is Cc1ccccc1OCCCOCCCN. The highest BCUT2D eigenvalue weighted by atomic mass is 16.5. The molecule has 0 aliphatic rings. The Kier molecular flexibility index (Phi) is 6.61. The van der Waals surface area contributed by atoms with E-state index in [0.717, 1.165) is 31.8 Å². The molecule has 3 heteroatoms. The first-order chi connectivity index (χ1) is 7.84. The monoisotopic (exact) mass is 223 g/mol. The van der Waals surface area contributed by atoms with Crippen molar-refractivity contribution in [3.05, 3.63) is 29.8 Å². The van der Waals surface area contributed by atoms with Crippen molar-refractivity contribution in [3.8, 4) is 5.75 Å². The van der Waals surface area contributed by atoms with Gasteiger partial charge in [-0.1, -0.05) is 18.2 Å².